The van der Waals surface area contributed by atoms with E-state index in [0.717, 1.165) is 17.9 Å². The summed E-state index contributed by atoms with van der Waals surface area (Å²) < 4.78 is 10.5. The molecular formula is C12H13ClN2O2S. The van der Waals surface area contributed by atoms with E-state index in [1.165, 1.54) is 0 Å². The van der Waals surface area contributed by atoms with Crippen LogP contribution in [-0.2, 0) is 10.5 Å². The zero-order chi connectivity index (χ0) is 12.8. The van der Waals surface area contributed by atoms with Crippen molar-refractivity contribution in [2.45, 2.75) is 5.75 Å². The SMILES string of the molecule is COCCSCc1nnc(-c2cccc(Cl)c2)o1. The van der Waals surface area contributed by atoms with Gasteiger partial charge in [-0.25, -0.2) is 0 Å². The molecule has 1 aromatic carbocycles. The number of ether oxygens (including phenoxy) is 1. The molecule has 0 unspecified atom stereocenters. The maximum atomic E-state index is 5.91. The van der Waals surface area contributed by atoms with E-state index in [-0.39, 0.29) is 0 Å². The van der Waals surface area contributed by atoms with E-state index in [0.29, 0.717) is 22.6 Å². The number of methoxy groups -OCH3 is 1. The lowest BCUT2D eigenvalue weighted by Gasteiger charge is -1.97. The van der Waals surface area contributed by atoms with Crippen molar-refractivity contribution >= 4 is 23.4 Å². The van der Waals surface area contributed by atoms with Crippen LogP contribution >= 0.6 is 23.4 Å². The van der Waals surface area contributed by atoms with Crippen LogP contribution in [0.2, 0.25) is 5.02 Å². The van der Waals surface area contributed by atoms with Crippen LogP contribution in [0.1, 0.15) is 5.89 Å². The molecule has 0 saturated heterocycles. The predicted octanol–water partition coefficient (Wildman–Crippen LogP) is 3.27. The highest BCUT2D eigenvalue weighted by molar-refractivity contribution is 7.98. The van der Waals surface area contributed by atoms with E-state index >= 15 is 0 Å². The molecule has 0 fully saturated rings. The number of nitrogens with zero attached hydrogens (tertiary/aromatic N) is 2. The van der Waals surface area contributed by atoms with E-state index in [1.807, 2.05) is 18.2 Å². The number of thioether (sulfide) groups is 1. The molecule has 1 aromatic heterocycles. The van der Waals surface area contributed by atoms with Gasteiger partial charge in [0.1, 0.15) is 0 Å². The summed E-state index contributed by atoms with van der Waals surface area (Å²) in [5, 5.41) is 8.66. The second kappa shape index (κ2) is 6.78. The zero-order valence-corrected chi connectivity index (χ0v) is 11.5. The minimum Gasteiger partial charge on any atom is -0.420 e. The van der Waals surface area contributed by atoms with Crippen LogP contribution in [-0.4, -0.2) is 29.7 Å². The van der Waals surface area contributed by atoms with Crippen molar-refractivity contribution in [2.75, 3.05) is 19.5 Å². The second-order valence-corrected chi connectivity index (χ2v) is 5.10. The molecule has 0 bridgehead atoms. The predicted molar refractivity (Wildman–Crippen MR) is 72.8 cm³/mol. The lowest BCUT2D eigenvalue weighted by Crippen LogP contribution is -1.92. The fraction of sp³-hybridized carbons (Fsp3) is 0.333. The van der Waals surface area contributed by atoms with Gasteiger partial charge < -0.3 is 9.15 Å². The van der Waals surface area contributed by atoms with Gasteiger partial charge in [-0.1, -0.05) is 17.7 Å². The highest BCUT2D eigenvalue weighted by atomic mass is 35.5. The average molecular weight is 285 g/mol. The van der Waals surface area contributed by atoms with Gasteiger partial charge in [0.05, 0.1) is 12.4 Å². The molecule has 96 valence electrons. The van der Waals surface area contributed by atoms with Crippen molar-refractivity contribution in [3.8, 4) is 11.5 Å². The Hall–Kier alpha value is -1.04. The van der Waals surface area contributed by atoms with Gasteiger partial charge >= 0.3 is 0 Å². The molecule has 0 aliphatic carbocycles. The quantitative estimate of drug-likeness (QED) is 0.762. The Morgan fingerprint density at radius 3 is 3.06 bits per heavy atom. The Kier molecular flexibility index (Phi) is 5.04. The molecule has 0 saturated carbocycles. The minimum atomic E-state index is 0.500. The van der Waals surface area contributed by atoms with Crippen LogP contribution in [0, 0.1) is 0 Å². The van der Waals surface area contributed by atoms with Gasteiger partial charge in [0, 0.05) is 23.4 Å². The van der Waals surface area contributed by atoms with Gasteiger partial charge in [-0.05, 0) is 18.2 Å². The van der Waals surface area contributed by atoms with Gasteiger partial charge in [-0.3, -0.25) is 0 Å². The topological polar surface area (TPSA) is 48.2 Å². The number of hydrogen-bond acceptors (Lipinski definition) is 5. The molecule has 1 heterocycles. The summed E-state index contributed by atoms with van der Waals surface area (Å²) in [7, 11) is 1.69. The first-order valence-corrected chi connectivity index (χ1v) is 6.98. The molecule has 4 nitrogen and oxygen atoms in total. The van der Waals surface area contributed by atoms with E-state index in [2.05, 4.69) is 10.2 Å². The first kappa shape index (κ1) is 13.4. The van der Waals surface area contributed by atoms with Gasteiger partial charge in [0.15, 0.2) is 0 Å². The summed E-state index contributed by atoms with van der Waals surface area (Å²) in [5.74, 6) is 2.72. The Bertz CT molecular complexity index is 504. The van der Waals surface area contributed by atoms with Crippen molar-refractivity contribution in [3.05, 3.63) is 35.2 Å². The molecule has 0 aliphatic rings. The lowest BCUT2D eigenvalue weighted by molar-refractivity contribution is 0.218. The number of rotatable bonds is 6. The Morgan fingerprint density at radius 1 is 1.39 bits per heavy atom. The zero-order valence-electron chi connectivity index (χ0n) is 9.93. The highest BCUT2D eigenvalue weighted by Crippen LogP contribution is 2.22. The lowest BCUT2D eigenvalue weighted by atomic mass is 10.2. The Morgan fingerprint density at radius 2 is 2.28 bits per heavy atom. The van der Waals surface area contributed by atoms with Crippen LogP contribution in [0.15, 0.2) is 28.7 Å². The first-order valence-electron chi connectivity index (χ1n) is 5.44. The summed E-state index contributed by atoms with van der Waals surface area (Å²) >= 11 is 7.61. The summed E-state index contributed by atoms with van der Waals surface area (Å²) in [6.07, 6.45) is 0. The van der Waals surface area contributed by atoms with Gasteiger partial charge in [-0.2, -0.15) is 0 Å². The minimum absolute atomic E-state index is 0.500. The van der Waals surface area contributed by atoms with Gasteiger partial charge in [0.2, 0.25) is 11.8 Å². The molecule has 18 heavy (non-hydrogen) atoms. The van der Waals surface area contributed by atoms with Crippen LogP contribution in [0.4, 0.5) is 0 Å². The van der Waals surface area contributed by atoms with Crippen molar-refractivity contribution in [3.63, 3.8) is 0 Å². The third kappa shape index (κ3) is 3.73. The molecule has 0 amide bonds. The van der Waals surface area contributed by atoms with E-state index in [9.17, 15) is 0 Å². The molecule has 0 spiro atoms. The normalized spacial score (nSPS) is 10.8. The molecule has 0 N–H and O–H groups in total. The monoisotopic (exact) mass is 284 g/mol. The number of benzene rings is 1. The Labute approximate surface area is 115 Å². The van der Waals surface area contributed by atoms with Crippen molar-refractivity contribution < 1.29 is 9.15 Å². The van der Waals surface area contributed by atoms with Crippen LogP contribution in [0.5, 0.6) is 0 Å². The molecule has 2 rings (SSSR count). The van der Waals surface area contributed by atoms with Crippen LogP contribution in [0.3, 0.4) is 0 Å². The maximum Gasteiger partial charge on any atom is 0.247 e. The standard InChI is InChI=1S/C12H13ClN2O2S/c1-16-5-6-18-8-11-14-15-12(17-11)9-3-2-4-10(13)7-9/h2-4,7H,5-6,8H2,1H3. The number of halogens is 1. The molecule has 0 radical (unpaired) electrons. The third-order valence-corrected chi connectivity index (χ3v) is 3.34. The molecular weight excluding hydrogens is 272 g/mol. The maximum absolute atomic E-state index is 5.91. The van der Waals surface area contributed by atoms with Crippen molar-refractivity contribution in [1.82, 2.24) is 10.2 Å². The number of hydrogen-bond donors (Lipinski definition) is 0. The average Bonchev–Trinajstić information content (AvgIpc) is 2.83. The highest BCUT2D eigenvalue weighted by Gasteiger charge is 2.08. The smallest absolute Gasteiger partial charge is 0.247 e. The molecule has 6 heteroatoms. The molecule has 0 atom stereocenters. The first-order chi connectivity index (χ1) is 8.79. The van der Waals surface area contributed by atoms with E-state index in [4.69, 9.17) is 20.8 Å². The number of aromatic nitrogens is 2. The summed E-state index contributed by atoms with van der Waals surface area (Å²) in [6, 6.07) is 7.36. The van der Waals surface area contributed by atoms with Gasteiger partial charge in [-0.15, -0.1) is 22.0 Å². The van der Waals surface area contributed by atoms with Crippen LogP contribution < -0.4 is 0 Å². The van der Waals surface area contributed by atoms with E-state index in [1.54, 1.807) is 24.9 Å². The van der Waals surface area contributed by atoms with E-state index < -0.39 is 0 Å². The summed E-state index contributed by atoms with van der Waals surface area (Å²) in [6.45, 7) is 0.722. The molecule has 0 aliphatic heterocycles. The fourth-order valence-electron chi connectivity index (χ4n) is 1.35. The Balaban J connectivity index is 1.97. The van der Waals surface area contributed by atoms with Crippen molar-refractivity contribution in [2.24, 2.45) is 0 Å². The van der Waals surface area contributed by atoms with Crippen molar-refractivity contribution in [1.29, 1.82) is 0 Å². The van der Waals surface area contributed by atoms with Gasteiger partial charge in [0.25, 0.3) is 0 Å². The third-order valence-electron chi connectivity index (χ3n) is 2.20. The van der Waals surface area contributed by atoms with Crippen LogP contribution in [0.25, 0.3) is 11.5 Å². The fourth-order valence-corrected chi connectivity index (χ4v) is 2.26. The second-order valence-electron chi connectivity index (χ2n) is 3.56. The molecule has 2 aromatic rings. The summed E-state index contributed by atoms with van der Waals surface area (Å²) in [5.41, 5.74) is 0.836. The summed E-state index contributed by atoms with van der Waals surface area (Å²) in [4.78, 5) is 0. The largest absolute Gasteiger partial charge is 0.420 e.